The lowest BCUT2D eigenvalue weighted by molar-refractivity contribution is 0.415. The zero-order chi connectivity index (χ0) is 11.0. The number of aromatic nitrogens is 2. The average molecular weight is 217 g/mol. The number of benzene rings is 1. The van der Waals surface area contributed by atoms with Crippen LogP contribution in [-0.4, -0.2) is 23.3 Å². The Hall–Kier alpha value is -1.71. The monoisotopic (exact) mass is 217 g/mol. The molecule has 4 heteroatoms. The van der Waals surface area contributed by atoms with Gasteiger partial charge < -0.3 is 10.2 Å². The zero-order valence-electron chi connectivity index (χ0n) is 9.36. The van der Waals surface area contributed by atoms with E-state index in [1.54, 1.807) is 7.11 Å². The van der Waals surface area contributed by atoms with Crippen LogP contribution in [0.4, 0.5) is 0 Å². The summed E-state index contributed by atoms with van der Waals surface area (Å²) in [5, 5.41) is 0. The molecule has 0 atom stereocenters. The number of aryl methyl sites for hydroxylation is 1. The van der Waals surface area contributed by atoms with Gasteiger partial charge in [-0.2, -0.15) is 0 Å². The lowest BCUT2D eigenvalue weighted by atomic mass is 10.2. The number of hydrogen-bond donors (Lipinski definition) is 1. The largest absolute Gasteiger partial charge is 0.497 e. The quantitative estimate of drug-likeness (QED) is 0.793. The summed E-state index contributed by atoms with van der Waals surface area (Å²) in [5.74, 6) is 1.99. The molecule has 1 aliphatic rings. The van der Waals surface area contributed by atoms with Crippen LogP contribution in [0.3, 0.4) is 0 Å². The van der Waals surface area contributed by atoms with Gasteiger partial charge in [0.2, 0.25) is 0 Å². The van der Waals surface area contributed by atoms with Crippen LogP contribution in [0.5, 0.6) is 5.75 Å². The minimum atomic E-state index is 0.862. The molecule has 1 aromatic carbocycles. The van der Waals surface area contributed by atoms with Gasteiger partial charge in [-0.05, 0) is 25.0 Å². The van der Waals surface area contributed by atoms with E-state index in [4.69, 9.17) is 4.74 Å². The van der Waals surface area contributed by atoms with Crippen molar-refractivity contribution in [2.24, 2.45) is 0 Å². The molecule has 0 radical (unpaired) electrons. The first kappa shape index (κ1) is 9.51. The Labute approximate surface area is 94.2 Å². The number of fused-ring (bicyclic) bond motifs is 3. The Morgan fingerprint density at radius 1 is 1.38 bits per heavy atom. The fourth-order valence-electron chi connectivity index (χ4n) is 2.18. The van der Waals surface area contributed by atoms with Crippen LogP contribution >= 0.6 is 0 Å². The SMILES string of the molecule is COc1ccc2c(c1)nc1n2NCCCC1. The first-order chi connectivity index (χ1) is 7.88. The van der Waals surface area contributed by atoms with Crippen LogP contribution in [0.15, 0.2) is 18.2 Å². The standard InChI is InChI=1S/C12H15N3O/c1-16-9-5-6-11-10(8-9)14-12-4-2-3-7-13-15(11)12/h5-6,8,13H,2-4,7H2,1H3. The maximum absolute atomic E-state index is 5.21. The molecule has 2 aromatic rings. The van der Waals surface area contributed by atoms with Crippen molar-refractivity contribution in [2.75, 3.05) is 19.1 Å². The Kier molecular flexibility index (Phi) is 2.20. The normalized spacial score (nSPS) is 15.3. The van der Waals surface area contributed by atoms with E-state index in [-0.39, 0.29) is 0 Å². The number of nitrogens with one attached hydrogen (secondary N) is 1. The summed E-state index contributed by atoms with van der Waals surface area (Å²) >= 11 is 0. The number of hydrogen-bond acceptors (Lipinski definition) is 3. The van der Waals surface area contributed by atoms with E-state index >= 15 is 0 Å². The molecule has 0 aliphatic carbocycles. The van der Waals surface area contributed by atoms with Crippen molar-refractivity contribution in [3.8, 4) is 5.75 Å². The van der Waals surface area contributed by atoms with Crippen LogP contribution in [0.1, 0.15) is 18.7 Å². The third kappa shape index (κ3) is 1.41. The van der Waals surface area contributed by atoms with Gasteiger partial charge in [0.25, 0.3) is 0 Å². The molecule has 1 aromatic heterocycles. The van der Waals surface area contributed by atoms with Crippen molar-refractivity contribution in [3.05, 3.63) is 24.0 Å². The molecule has 0 saturated heterocycles. The van der Waals surface area contributed by atoms with Gasteiger partial charge in [0.05, 0.1) is 18.1 Å². The Balaban J connectivity index is 2.17. The number of rotatable bonds is 1. The molecule has 1 N–H and O–H groups in total. The first-order valence-corrected chi connectivity index (χ1v) is 5.68. The summed E-state index contributed by atoms with van der Waals surface area (Å²) in [6, 6.07) is 6.02. The second kappa shape index (κ2) is 3.70. The van der Waals surface area contributed by atoms with Gasteiger partial charge in [-0.15, -0.1) is 0 Å². The van der Waals surface area contributed by atoms with Crippen molar-refractivity contribution in [1.29, 1.82) is 0 Å². The molecule has 3 rings (SSSR count). The smallest absolute Gasteiger partial charge is 0.128 e. The van der Waals surface area contributed by atoms with Crippen molar-refractivity contribution >= 4 is 11.0 Å². The lowest BCUT2D eigenvalue weighted by Crippen LogP contribution is -2.15. The third-order valence-electron chi connectivity index (χ3n) is 3.03. The minimum Gasteiger partial charge on any atom is -0.497 e. The highest BCUT2D eigenvalue weighted by atomic mass is 16.5. The Morgan fingerprint density at radius 2 is 2.31 bits per heavy atom. The van der Waals surface area contributed by atoms with Crippen molar-refractivity contribution in [3.63, 3.8) is 0 Å². The number of ether oxygens (including phenoxy) is 1. The average Bonchev–Trinajstić information content (AvgIpc) is 2.50. The van der Waals surface area contributed by atoms with E-state index in [2.05, 4.69) is 21.2 Å². The molecule has 0 fully saturated rings. The highest BCUT2D eigenvalue weighted by molar-refractivity contribution is 5.78. The van der Waals surface area contributed by atoms with Crippen LogP contribution < -0.4 is 10.2 Å². The van der Waals surface area contributed by atoms with E-state index < -0.39 is 0 Å². The predicted molar refractivity (Wildman–Crippen MR) is 63.5 cm³/mol. The summed E-state index contributed by atoms with van der Waals surface area (Å²) in [5.41, 5.74) is 5.54. The van der Waals surface area contributed by atoms with E-state index in [0.717, 1.165) is 35.6 Å². The maximum atomic E-state index is 5.21. The molecule has 0 saturated carbocycles. The Bertz CT molecular complexity index is 518. The summed E-state index contributed by atoms with van der Waals surface area (Å²) in [7, 11) is 1.68. The van der Waals surface area contributed by atoms with Crippen LogP contribution in [0.2, 0.25) is 0 Å². The second-order valence-corrected chi connectivity index (χ2v) is 4.08. The van der Waals surface area contributed by atoms with Crippen LogP contribution in [-0.2, 0) is 6.42 Å². The molecular formula is C12H15N3O. The van der Waals surface area contributed by atoms with Crippen LogP contribution in [0.25, 0.3) is 11.0 Å². The number of nitrogens with zero attached hydrogens (tertiary/aromatic N) is 2. The van der Waals surface area contributed by atoms with Crippen molar-refractivity contribution in [2.45, 2.75) is 19.3 Å². The molecule has 4 nitrogen and oxygen atoms in total. The van der Waals surface area contributed by atoms with Gasteiger partial charge in [0.15, 0.2) is 0 Å². The van der Waals surface area contributed by atoms with Crippen molar-refractivity contribution in [1.82, 2.24) is 9.66 Å². The van der Waals surface area contributed by atoms with E-state index in [1.807, 2.05) is 12.1 Å². The topological polar surface area (TPSA) is 39.1 Å². The van der Waals surface area contributed by atoms with Gasteiger partial charge in [0, 0.05) is 19.0 Å². The molecule has 1 aliphatic heterocycles. The van der Waals surface area contributed by atoms with Gasteiger partial charge in [-0.3, -0.25) is 0 Å². The van der Waals surface area contributed by atoms with Gasteiger partial charge >= 0.3 is 0 Å². The summed E-state index contributed by atoms with van der Waals surface area (Å²) in [4.78, 5) is 4.64. The van der Waals surface area contributed by atoms with Gasteiger partial charge in [-0.25, -0.2) is 9.66 Å². The second-order valence-electron chi connectivity index (χ2n) is 4.08. The van der Waals surface area contributed by atoms with Gasteiger partial charge in [-0.1, -0.05) is 0 Å². The summed E-state index contributed by atoms with van der Waals surface area (Å²) < 4.78 is 7.32. The number of methoxy groups -OCH3 is 1. The molecule has 0 amide bonds. The molecule has 2 heterocycles. The molecule has 0 spiro atoms. The minimum absolute atomic E-state index is 0.862. The molecule has 84 valence electrons. The zero-order valence-corrected chi connectivity index (χ0v) is 9.36. The maximum Gasteiger partial charge on any atom is 0.128 e. The summed E-state index contributed by atoms with van der Waals surface area (Å²) in [6.45, 7) is 1.02. The molecule has 16 heavy (non-hydrogen) atoms. The first-order valence-electron chi connectivity index (χ1n) is 5.68. The molecule has 0 unspecified atom stereocenters. The lowest BCUT2D eigenvalue weighted by Gasteiger charge is -2.07. The predicted octanol–water partition coefficient (Wildman–Crippen LogP) is 1.92. The number of imidazole rings is 1. The van der Waals surface area contributed by atoms with Crippen molar-refractivity contribution < 1.29 is 4.74 Å². The van der Waals surface area contributed by atoms with Crippen LogP contribution in [0, 0.1) is 0 Å². The van der Waals surface area contributed by atoms with E-state index in [9.17, 15) is 0 Å². The molecule has 0 bridgehead atoms. The highest BCUT2D eigenvalue weighted by Gasteiger charge is 2.13. The summed E-state index contributed by atoms with van der Waals surface area (Å²) in [6.07, 6.45) is 3.46. The Morgan fingerprint density at radius 3 is 3.19 bits per heavy atom. The van der Waals surface area contributed by atoms with Gasteiger partial charge in [0.1, 0.15) is 11.6 Å². The van der Waals surface area contributed by atoms with E-state index in [0.29, 0.717) is 0 Å². The fourth-order valence-corrected chi connectivity index (χ4v) is 2.18. The molecular weight excluding hydrogens is 202 g/mol. The fraction of sp³-hybridized carbons (Fsp3) is 0.417. The third-order valence-corrected chi connectivity index (χ3v) is 3.03. The van der Waals surface area contributed by atoms with E-state index in [1.165, 1.54) is 12.8 Å². The highest BCUT2D eigenvalue weighted by Crippen LogP contribution is 2.22.